The van der Waals surface area contributed by atoms with E-state index < -0.39 is 0 Å². The Kier molecular flexibility index (Phi) is 4.89. The summed E-state index contributed by atoms with van der Waals surface area (Å²) in [6.07, 6.45) is 0. The van der Waals surface area contributed by atoms with Crippen molar-refractivity contribution in [2.45, 2.75) is 27.7 Å². The van der Waals surface area contributed by atoms with Crippen LogP contribution in [0.3, 0.4) is 0 Å². The molecule has 0 aliphatic rings. The monoisotopic (exact) mass is 246 g/mol. The first-order chi connectivity index (χ1) is 8.47. The van der Waals surface area contributed by atoms with Gasteiger partial charge in [-0.15, -0.1) is 0 Å². The molecule has 0 radical (unpaired) electrons. The molecule has 1 aromatic carbocycles. The van der Waals surface area contributed by atoms with E-state index in [-0.39, 0.29) is 0 Å². The lowest BCUT2D eigenvalue weighted by molar-refractivity contribution is 1.38. The van der Waals surface area contributed by atoms with Gasteiger partial charge in [-0.3, -0.25) is 9.98 Å². The van der Waals surface area contributed by atoms with Crippen LogP contribution in [0.5, 0.6) is 0 Å². The Hall–Kier alpha value is -1.84. The maximum absolute atomic E-state index is 4.52. The van der Waals surface area contributed by atoms with Crippen molar-refractivity contribution < 1.29 is 0 Å². The fourth-order valence-corrected chi connectivity index (χ4v) is 1.64. The lowest BCUT2D eigenvalue weighted by Crippen LogP contribution is -1.95. The molecule has 4 nitrogen and oxygen atoms in total. The third-order valence-electron chi connectivity index (χ3n) is 2.34. The summed E-state index contributed by atoms with van der Waals surface area (Å²) >= 11 is 0. The molecule has 4 heteroatoms. The lowest BCUT2D eigenvalue weighted by atomic mass is 10.2. The van der Waals surface area contributed by atoms with Gasteiger partial charge in [-0.2, -0.15) is 0 Å². The average molecular weight is 246 g/mol. The summed E-state index contributed by atoms with van der Waals surface area (Å²) in [5.41, 5.74) is 5.86. The van der Waals surface area contributed by atoms with Gasteiger partial charge in [0.15, 0.2) is 0 Å². The Morgan fingerprint density at radius 2 is 1.11 bits per heavy atom. The molecule has 0 spiro atoms. The fourth-order valence-electron chi connectivity index (χ4n) is 1.64. The van der Waals surface area contributed by atoms with Crippen LogP contribution in [-0.2, 0) is 0 Å². The summed E-state index contributed by atoms with van der Waals surface area (Å²) < 4.78 is 0. The number of hydrogen-bond donors (Lipinski definition) is 2. The molecule has 0 fully saturated rings. The van der Waals surface area contributed by atoms with E-state index in [1.165, 1.54) is 0 Å². The largest absolute Gasteiger partial charge is 0.386 e. The van der Waals surface area contributed by atoms with Crippen LogP contribution in [-0.4, -0.2) is 25.5 Å². The minimum absolute atomic E-state index is 0.926. The molecule has 0 saturated carbocycles. The fraction of sp³-hybridized carbons (Fsp3) is 0.429. The zero-order valence-corrected chi connectivity index (χ0v) is 12.0. The smallest absolute Gasteiger partial charge is 0.0882 e. The van der Waals surface area contributed by atoms with Crippen molar-refractivity contribution >= 4 is 34.2 Å². The minimum atomic E-state index is 0.926. The minimum Gasteiger partial charge on any atom is -0.386 e. The molecule has 0 bridgehead atoms. The molecule has 0 heterocycles. The highest BCUT2D eigenvalue weighted by molar-refractivity contribution is 5.90. The van der Waals surface area contributed by atoms with Crippen LogP contribution >= 0.6 is 0 Å². The predicted molar refractivity (Wildman–Crippen MR) is 82.4 cm³/mol. The first kappa shape index (κ1) is 14.2. The number of rotatable bonds is 4. The highest BCUT2D eigenvalue weighted by atomic mass is 14.9. The van der Waals surface area contributed by atoms with Crippen LogP contribution in [0.1, 0.15) is 27.7 Å². The summed E-state index contributed by atoms with van der Waals surface area (Å²) in [7, 11) is 3.79. The summed E-state index contributed by atoms with van der Waals surface area (Å²) in [5.74, 6) is 0. The maximum Gasteiger partial charge on any atom is 0.0882 e. The molecule has 0 amide bonds. The van der Waals surface area contributed by atoms with E-state index in [1.54, 1.807) is 0 Å². The molecule has 0 aromatic heterocycles. The van der Waals surface area contributed by atoms with Crippen molar-refractivity contribution in [3.63, 3.8) is 0 Å². The van der Waals surface area contributed by atoms with Gasteiger partial charge in [-0.05, 0) is 39.8 Å². The second-order valence-corrected chi connectivity index (χ2v) is 4.50. The van der Waals surface area contributed by atoms with Gasteiger partial charge in [-0.25, -0.2) is 0 Å². The molecule has 98 valence electrons. The molecular weight excluding hydrogens is 224 g/mol. The Morgan fingerprint density at radius 3 is 1.33 bits per heavy atom. The third-order valence-corrected chi connectivity index (χ3v) is 2.34. The normalized spacial score (nSPS) is 9.67. The molecular formula is C14H22N4. The van der Waals surface area contributed by atoms with E-state index >= 15 is 0 Å². The predicted octanol–water partition coefficient (Wildman–Crippen LogP) is 3.99. The Bertz CT molecular complexity index is 433. The topological polar surface area (TPSA) is 48.8 Å². The van der Waals surface area contributed by atoms with Crippen LogP contribution in [0.15, 0.2) is 22.1 Å². The number of nitrogens with zero attached hydrogens (tertiary/aromatic N) is 2. The van der Waals surface area contributed by atoms with Gasteiger partial charge in [0, 0.05) is 25.5 Å². The molecule has 0 atom stereocenters. The number of anilines is 2. The Morgan fingerprint density at radius 1 is 0.778 bits per heavy atom. The number of nitrogens with one attached hydrogen (secondary N) is 2. The highest BCUT2D eigenvalue weighted by Gasteiger charge is 2.07. The van der Waals surface area contributed by atoms with Crippen molar-refractivity contribution in [3.8, 4) is 0 Å². The number of benzene rings is 1. The standard InChI is InChI=1S/C14H22N4/c1-9(2)17-13-7-12(16-6)14(18-10(3)4)8-11(13)15-5/h7-8,15-16H,1-6H3. The van der Waals surface area contributed by atoms with Gasteiger partial charge in [0.2, 0.25) is 0 Å². The summed E-state index contributed by atoms with van der Waals surface area (Å²) in [4.78, 5) is 9.05. The van der Waals surface area contributed by atoms with Crippen molar-refractivity contribution in [2.24, 2.45) is 9.98 Å². The zero-order valence-electron chi connectivity index (χ0n) is 12.0. The first-order valence-electron chi connectivity index (χ1n) is 6.05. The number of hydrogen-bond acceptors (Lipinski definition) is 4. The van der Waals surface area contributed by atoms with E-state index in [9.17, 15) is 0 Å². The second kappa shape index (κ2) is 6.19. The van der Waals surface area contributed by atoms with Gasteiger partial charge in [0.25, 0.3) is 0 Å². The van der Waals surface area contributed by atoms with Gasteiger partial charge in [0.05, 0.1) is 22.7 Å². The lowest BCUT2D eigenvalue weighted by Gasteiger charge is -2.12. The molecule has 1 aromatic rings. The second-order valence-electron chi connectivity index (χ2n) is 4.50. The third kappa shape index (κ3) is 3.58. The van der Waals surface area contributed by atoms with Crippen LogP contribution in [0.4, 0.5) is 22.7 Å². The molecule has 0 aliphatic heterocycles. The van der Waals surface area contributed by atoms with Gasteiger partial charge in [0.1, 0.15) is 0 Å². The SMILES string of the molecule is CNc1cc(N=C(C)C)c(NC)cc1N=C(C)C. The van der Waals surface area contributed by atoms with E-state index in [1.807, 2.05) is 53.9 Å². The molecule has 1 rings (SSSR count). The van der Waals surface area contributed by atoms with Gasteiger partial charge >= 0.3 is 0 Å². The summed E-state index contributed by atoms with van der Waals surface area (Å²) in [5, 5.41) is 6.32. The summed E-state index contributed by atoms with van der Waals surface area (Å²) in [6, 6.07) is 4.03. The van der Waals surface area contributed by atoms with Gasteiger partial charge < -0.3 is 10.6 Å². The van der Waals surface area contributed by atoms with Crippen molar-refractivity contribution in [3.05, 3.63) is 12.1 Å². The maximum atomic E-state index is 4.52. The van der Waals surface area contributed by atoms with Crippen molar-refractivity contribution in [1.82, 2.24) is 0 Å². The Balaban J connectivity index is 3.41. The van der Waals surface area contributed by atoms with E-state index in [4.69, 9.17) is 0 Å². The zero-order chi connectivity index (χ0) is 13.7. The van der Waals surface area contributed by atoms with E-state index in [0.717, 1.165) is 34.2 Å². The van der Waals surface area contributed by atoms with Crippen LogP contribution in [0.25, 0.3) is 0 Å². The highest BCUT2D eigenvalue weighted by Crippen LogP contribution is 2.36. The van der Waals surface area contributed by atoms with Crippen LogP contribution < -0.4 is 10.6 Å². The van der Waals surface area contributed by atoms with Crippen molar-refractivity contribution in [1.29, 1.82) is 0 Å². The molecule has 2 N–H and O–H groups in total. The Labute approximate surface area is 109 Å². The molecule has 0 saturated heterocycles. The van der Waals surface area contributed by atoms with E-state index in [2.05, 4.69) is 20.6 Å². The molecule has 0 unspecified atom stereocenters. The average Bonchev–Trinajstić information content (AvgIpc) is 2.29. The van der Waals surface area contributed by atoms with Gasteiger partial charge in [-0.1, -0.05) is 0 Å². The van der Waals surface area contributed by atoms with Crippen LogP contribution in [0.2, 0.25) is 0 Å². The van der Waals surface area contributed by atoms with Crippen LogP contribution in [0, 0.1) is 0 Å². The number of aliphatic imine (C=N–C) groups is 2. The molecule has 18 heavy (non-hydrogen) atoms. The van der Waals surface area contributed by atoms with E-state index in [0.29, 0.717) is 0 Å². The van der Waals surface area contributed by atoms with Crippen molar-refractivity contribution in [2.75, 3.05) is 24.7 Å². The first-order valence-corrected chi connectivity index (χ1v) is 6.05. The quantitative estimate of drug-likeness (QED) is 0.789. The molecule has 0 aliphatic carbocycles. The summed E-state index contributed by atoms with van der Waals surface area (Å²) in [6.45, 7) is 7.95.